The van der Waals surface area contributed by atoms with Gasteiger partial charge in [-0.1, -0.05) is 19.9 Å². The number of esters is 1. The summed E-state index contributed by atoms with van der Waals surface area (Å²) in [5.74, 6) is 0.184. The van der Waals surface area contributed by atoms with Gasteiger partial charge >= 0.3 is 5.97 Å². The normalized spacial score (nSPS) is 21.0. The molecule has 0 amide bonds. The van der Waals surface area contributed by atoms with Gasteiger partial charge < -0.3 is 18.8 Å². The molecule has 2 aromatic rings. The summed E-state index contributed by atoms with van der Waals surface area (Å²) in [4.78, 5) is 39.0. The molecule has 178 valence electrons. The molecule has 0 radical (unpaired) electrons. The lowest BCUT2D eigenvalue weighted by atomic mass is 9.83. The number of ether oxygens (including phenoxy) is 1. The summed E-state index contributed by atoms with van der Waals surface area (Å²) in [6, 6.07) is 6.78. The number of aromatic nitrogens is 1. The molecule has 2 aromatic heterocycles. The van der Waals surface area contributed by atoms with Gasteiger partial charge in [-0.2, -0.15) is 0 Å². The second-order valence-corrected chi connectivity index (χ2v) is 9.79. The fraction of sp³-hybridized carbons (Fsp3) is 0.560. The zero-order chi connectivity index (χ0) is 23.7. The lowest BCUT2D eigenvalue weighted by Crippen LogP contribution is -2.46. The Labute approximate surface area is 192 Å². The third-order valence-electron chi connectivity index (χ3n) is 6.70. The topological polar surface area (TPSA) is 102 Å². The van der Waals surface area contributed by atoms with Gasteiger partial charge in [0.05, 0.1) is 20.1 Å². The number of pyridine rings is 1. The van der Waals surface area contributed by atoms with Crippen LogP contribution in [0.3, 0.4) is 0 Å². The van der Waals surface area contributed by atoms with E-state index in [0.29, 0.717) is 31.2 Å². The van der Waals surface area contributed by atoms with Crippen molar-refractivity contribution in [2.45, 2.75) is 58.0 Å². The van der Waals surface area contributed by atoms with Crippen molar-refractivity contribution in [3.8, 4) is 5.75 Å². The van der Waals surface area contributed by atoms with Crippen LogP contribution < -0.4 is 11.0 Å². The molecule has 3 atom stereocenters. The molecule has 0 aliphatic carbocycles. The Hall–Kier alpha value is -2.87. The fourth-order valence-corrected chi connectivity index (χ4v) is 5.39. The van der Waals surface area contributed by atoms with Crippen LogP contribution in [0.4, 0.5) is 0 Å². The van der Waals surface area contributed by atoms with Gasteiger partial charge in [0, 0.05) is 49.3 Å². The van der Waals surface area contributed by atoms with Crippen molar-refractivity contribution in [3.05, 3.63) is 62.1 Å². The molecule has 1 saturated heterocycles. The number of piperidine rings is 1. The Morgan fingerprint density at radius 3 is 2.76 bits per heavy atom. The van der Waals surface area contributed by atoms with Crippen molar-refractivity contribution in [3.63, 3.8) is 0 Å². The second kappa shape index (κ2) is 9.55. The van der Waals surface area contributed by atoms with E-state index in [2.05, 4.69) is 4.90 Å². The number of carbonyl (C=O) groups excluding carboxylic acids is 1. The summed E-state index contributed by atoms with van der Waals surface area (Å²) in [7, 11) is 1.32. The Morgan fingerprint density at radius 2 is 2.03 bits per heavy atom. The average Bonchev–Trinajstić information content (AvgIpc) is 2.76. The predicted octanol–water partition coefficient (Wildman–Crippen LogP) is 2.82. The van der Waals surface area contributed by atoms with Crippen LogP contribution in [0.5, 0.6) is 5.75 Å². The zero-order valence-electron chi connectivity index (χ0n) is 19.5. The average molecular weight is 457 g/mol. The van der Waals surface area contributed by atoms with Crippen molar-refractivity contribution in [2.75, 3.05) is 20.2 Å². The molecule has 2 aliphatic rings. The highest BCUT2D eigenvalue weighted by Gasteiger charge is 2.35. The van der Waals surface area contributed by atoms with Crippen molar-refractivity contribution < 1.29 is 19.1 Å². The number of aromatic hydroxyl groups is 1. The highest BCUT2D eigenvalue weighted by molar-refractivity contribution is 5.70. The van der Waals surface area contributed by atoms with E-state index < -0.39 is 23.1 Å². The van der Waals surface area contributed by atoms with Crippen LogP contribution in [-0.4, -0.2) is 40.7 Å². The summed E-state index contributed by atoms with van der Waals surface area (Å²) in [5.41, 5.74) is 0.608. The molecular formula is C25H32N2O6. The Morgan fingerprint density at radius 1 is 1.24 bits per heavy atom. The van der Waals surface area contributed by atoms with Crippen molar-refractivity contribution in [2.24, 2.45) is 11.8 Å². The molecule has 2 bridgehead atoms. The number of fused-ring (bicyclic) bond motifs is 4. The van der Waals surface area contributed by atoms with Crippen LogP contribution in [0.15, 0.2) is 38.3 Å². The molecule has 3 unspecified atom stereocenters. The Bertz CT molecular complexity index is 1130. The largest absolute Gasteiger partial charge is 0.502 e. The third kappa shape index (κ3) is 5.05. The maximum atomic E-state index is 12.6. The van der Waals surface area contributed by atoms with Gasteiger partial charge in [0.2, 0.25) is 11.2 Å². The highest BCUT2D eigenvalue weighted by atomic mass is 16.5. The first-order valence-corrected chi connectivity index (χ1v) is 11.6. The number of hydrogen-bond acceptors (Lipinski definition) is 7. The van der Waals surface area contributed by atoms with Crippen LogP contribution in [0.2, 0.25) is 0 Å². The molecule has 1 fully saturated rings. The second-order valence-electron chi connectivity index (χ2n) is 9.79. The molecule has 33 heavy (non-hydrogen) atoms. The summed E-state index contributed by atoms with van der Waals surface area (Å²) < 4.78 is 12.8. The number of nitrogens with zero attached hydrogens (tertiary/aromatic N) is 2. The Balaban J connectivity index is 1.58. The van der Waals surface area contributed by atoms with E-state index in [1.165, 1.54) is 13.2 Å². The van der Waals surface area contributed by atoms with E-state index in [4.69, 9.17) is 9.15 Å². The molecule has 0 spiro atoms. The molecule has 2 aliphatic heterocycles. The molecule has 4 rings (SSSR count). The summed E-state index contributed by atoms with van der Waals surface area (Å²) in [6.07, 6.45) is 1.66. The minimum atomic E-state index is -0.501. The van der Waals surface area contributed by atoms with E-state index >= 15 is 0 Å². The molecule has 1 N–H and O–H groups in total. The molecular weight excluding hydrogens is 424 g/mol. The van der Waals surface area contributed by atoms with Crippen LogP contribution in [0, 0.1) is 11.8 Å². The van der Waals surface area contributed by atoms with Gasteiger partial charge in [-0.3, -0.25) is 19.3 Å². The van der Waals surface area contributed by atoms with Crippen molar-refractivity contribution >= 4 is 5.97 Å². The number of carbonyl (C=O) groups is 1. The lowest BCUT2D eigenvalue weighted by molar-refractivity contribution is -0.141. The van der Waals surface area contributed by atoms with E-state index in [0.717, 1.165) is 25.2 Å². The van der Waals surface area contributed by atoms with Gasteiger partial charge in [0.25, 0.3) is 5.56 Å². The van der Waals surface area contributed by atoms with E-state index in [-0.39, 0.29) is 29.6 Å². The lowest BCUT2D eigenvalue weighted by Gasteiger charge is -2.42. The first-order chi connectivity index (χ1) is 15.7. The molecule has 0 aromatic carbocycles. The van der Waals surface area contributed by atoms with Crippen molar-refractivity contribution in [1.82, 2.24) is 9.47 Å². The van der Waals surface area contributed by atoms with Crippen molar-refractivity contribution in [1.29, 1.82) is 0 Å². The van der Waals surface area contributed by atoms with Gasteiger partial charge in [-0.05, 0) is 30.7 Å². The first kappa shape index (κ1) is 23.3. The van der Waals surface area contributed by atoms with Gasteiger partial charge in [-0.15, -0.1) is 0 Å². The molecule has 8 heteroatoms. The number of rotatable bonds is 7. The van der Waals surface area contributed by atoms with Crippen LogP contribution in [-0.2, 0) is 22.6 Å². The Kier molecular flexibility index (Phi) is 6.74. The smallest absolute Gasteiger partial charge is 0.306 e. The van der Waals surface area contributed by atoms with E-state index in [9.17, 15) is 19.5 Å². The number of hydrogen-bond donors (Lipinski definition) is 1. The maximum absolute atomic E-state index is 12.6. The molecule has 0 saturated carbocycles. The minimum Gasteiger partial charge on any atom is -0.502 e. The van der Waals surface area contributed by atoms with E-state index in [1.54, 1.807) is 6.07 Å². The first-order valence-electron chi connectivity index (χ1n) is 11.6. The molecule has 4 heterocycles. The SMILES string of the molecule is COC(=O)CC(CC(C)C)c1oc(CN2CC3CC(C2)c2cccc(=O)n2C3)cc(=O)c1O. The van der Waals surface area contributed by atoms with Gasteiger partial charge in [0.15, 0.2) is 5.76 Å². The standard InChI is InChI=1S/C25H32N2O6/c1-15(2)7-17(9-23(30)32-3)25-24(31)21(28)10-19(33-25)14-26-11-16-8-18(13-26)20-5-4-6-22(29)27(20)12-16/h4-6,10,15-18,31H,7-9,11-14H2,1-3H3. The van der Waals surface area contributed by atoms with Crippen LogP contribution in [0.1, 0.15) is 62.2 Å². The third-order valence-corrected chi connectivity index (χ3v) is 6.70. The zero-order valence-corrected chi connectivity index (χ0v) is 19.5. The van der Waals surface area contributed by atoms with E-state index in [1.807, 2.05) is 30.5 Å². The predicted molar refractivity (Wildman–Crippen MR) is 122 cm³/mol. The minimum absolute atomic E-state index is 0.0357. The van der Waals surface area contributed by atoms with Crippen LogP contribution in [0.25, 0.3) is 0 Å². The maximum Gasteiger partial charge on any atom is 0.306 e. The number of likely N-dealkylation sites (tertiary alicyclic amines) is 1. The quantitative estimate of drug-likeness (QED) is 0.639. The van der Waals surface area contributed by atoms with Gasteiger partial charge in [-0.25, -0.2) is 0 Å². The van der Waals surface area contributed by atoms with Gasteiger partial charge in [0.1, 0.15) is 5.76 Å². The number of methoxy groups -OCH3 is 1. The monoisotopic (exact) mass is 456 g/mol. The fourth-order valence-electron chi connectivity index (χ4n) is 5.39. The highest BCUT2D eigenvalue weighted by Crippen LogP contribution is 2.36. The summed E-state index contributed by atoms with van der Waals surface area (Å²) >= 11 is 0. The summed E-state index contributed by atoms with van der Waals surface area (Å²) in [6.45, 7) is 6.71. The summed E-state index contributed by atoms with van der Waals surface area (Å²) in [5, 5.41) is 10.5. The van der Waals surface area contributed by atoms with Crippen LogP contribution >= 0.6 is 0 Å². The molecule has 8 nitrogen and oxygen atoms in total.